The van der Waals surface area contributed by atoms with E-state index in [4.69, 9.17) is 4.74 Å². The second-order valence-electron chi connectivity index (χ2n) is 3.91. The van der Waals surface area contributed by atoms with Crippen molar-refractivity contribution in [1.82, 2.24) is 5.32 Å². The Kier molecular flexibility index (Phi) is 8.01. The molecule has 3 heteroatoms. The van der Waals surface area contributed by atoms with E-state index in [2.05, 4.69) is 18.3 Å². The fourth-order valence-corrected chi connectivity index (χ4v) is 1.26. The summed E-state index contributed by atoms with van der Waals surface area (Å²) in [5.41, 5.74) is 1.25. The minimum Gasteiger partial charge on any atom is -0.468 e. The summed E-state index contributed by atoms with van der Waals surface area (Å²) in [5.74, 6) is -0.161. The summed E-state index contributed by atoms with van der Waals surface area (Å²) < 4.78 is 4.74. The molecule has 0 amide bonds. The van der Waals surface area contributed by atoms with E-state index in [9.17, 15) is 4.79 Å². The van der Waals surface area contributed by atoms with Crippen LogP contribution in [0.2, 0.25) is 0 Å². The van der Waals surface area contributed by atoms with Gasteiger partial charge >= 0.3 is 5.97 Å². The lowest BCUT2D eigenvalue weighted by atomic mass is 10.1. The lowest BCUT2D eigenvalue weighted by molar-refractivity contribution is -0.143. The van der Waals surface area contributed by atoms with Crippen LogP contribution in [-0.4, -0.2) is 25.7 Å². The van der Waals surface area contributed by atoms with E-state index in [-0.39, 0.29) is 12.0 Å². The van der Waals surface area contributed by atoms with Crippen molar-refractivity contribution in [3.63, 3.8) is 0 Å². The van der Waals surface area contributed by atoms with Gasteiger partial charge in [0, 0.05) is 6.54 Å². The van der Waals surface area contributed by atoms with E-state index >= 15 is 0 Å². The van der Waals surface area contributed by atoms with Gasteiger partial charge in [-0.05, 0) is 20.3 Å². The quantitative estimate of drug-likeness (QED) is 0.521. The van der Waals surface area contributed by atoms with E-state index in [0.29, 0.717) is 0 Å². The molecule has 88 valence electrons. The zero-order chi connectivity index (χ0) is 11.7. The maximum atomic E-state index is 11.4. The van der Waals surface area contributed by atoms with Crippen molar-refractivity contribution in [2.24, 2.45) is 0 Å². The lowest BCUT2D eigenvalue weighted by Crippen LogP contribution is -2.37. The number of hydrogen-bond donors (Lipinski definition) is 1. The number of nitrogens with one attached hydrogen (secondary N) is 1. The third kappa shape index (κ3) is 7.14. The van der Waals surface area contributed by atoms with Gasteiger partial charge in [-0.15, -0.1) is 0 Å². The molecule has 0 bridgehead atoms. The van der Waals surface area contributed by atoms with Gasteiger partial charge in [0.15, 0.2) is 0 Å². The van der Waals surface area contributed by atoms with Crippen LogP contribution in [-0.2, 0) is 9.53 Å². The Morgan fingerprint density at radius 3 is 2.60 bits per heavy atom. The third-order valence-corrected chi connectivity index (χ3v) is 2.21. The predicted molar refractivity (Wildman–Crippen MR) is 62.8 cm³/mol. The van der Waals surface area contributed by atoms with Gasteiger partial charge in [-0.1, -0.05) is 31.4 Å². The molecule has 3 nitrogen and oxygen atoms in total. The summed E-state index contributed by atoms with van der Waals surface area (Å²) in [7, 11) is 1.43. The van der Waals surface area contributed by atoms with Gasteiger partial charge in [0.05, 0.1) is 7.11 Å². The molecule has 0 fully saturated rings. The van der Waals surface area contributed by atoms with Gasteiger partial charge in [-0.25, -0.2) is 0 Å². The molecule has 0 radical (unpaired) electrons. The van der Waals surface area contributed by atoms with Crippen LogP contribution < -0.4 is 5.32 Å². The van der Waals surface area contributed by atoms with Gasteiger partial charge in [0.25, 0.3) is 0 Å². The first-order valence-electron chi connectivity index (χ1n) is 5.56. The minimum absolute atomic E-state index is 0.161. The molecule has 0 saturated carbocycles. The van der Waals surface area contributed by atoms with Crippen LogP contribution in [0.15, 0.2) is 11.6 Å². The van der Waals surface area contributed by atoms with Gasteiger partial charge < -0.3 is 10.1 Å². The summed E-state index contributed by atoms with van der Waals surface area (Å²) in [6, 6.07) is -0.162. The van der Waals surface area contributed by atoms with Crippen molar-refractivity contribution in [3.05, 3.63) is 11.6 Å². The van der Waals surface area contributed by atoms with Crippen LogP contribution >= 0.6 is 0 Å². The van der Waals surface area contributed by atoms with Crippen LogP contribution in [0.3, 0.4) is 0 Å². The van der Waals surface area contributed by atoms with Crippen LogP contribution in [0.25, 0.3) is 0 Å². The maximum absolute atomic E-state index is 11.4. The van der Waals surface area contributed by atoms with Crippen LogP contribution in [0.5, 0.6) is 0 Å². The molecule has 0 aromatic heterocycles. The van der Waals surface area contributed by atoms with E-state index < -0.39 is 0 Å². The first kappa shape index (κ1) is 14.2. The van der Waals surface area contributed by atoms with Gasteiger partial charge in [-0.2, -0.15) is 0 Å². The third-order valence-electron chi connectivity index (χ3n) is 2.21. The molecule has 1 N–H and O–H groups in total. The molecule has 1 unspecified atom stereocenters. The first-order valence-corrected chi connectivity index (χ1v) is 5.56. The second-order valence-corrected chi connectivity index (χ2v) is 3.91. The predicted octanol–water partition coefficient (Wildman–Crippen LogP) is 2.27. The first-order chi connectivity index (χ1) is 7.11. The molecule has 0 spiro atoms. The van der Waals surface area contributed by atoms with Crippen LogP contribution in [0, 0.1) is 0 Å². The van der Waals surface area contributed by atoms with Gasteiger partial charge in [0.1, 0.15) is 6.04 Å². The Balaban J connectivity index is 4.01. The molecule has 0 aromatic carbocycles. The molecule has 0 aliphatic carbocycles. The van der Waals surface area contributed by atoms with Gasteiger partial charge in [-0.3, -0.25) is 4.79 Å². The monoisotopic (exact) mass is 213 g/mol. The number of esters is 1. The smallest absolute Gasteiger partial charge is 0.322 e. The number of ether oxygens (including phenoxy) is 1. The van der Waals surface area contributed by atoms with Crippen LogP contribution in [0.1, 0.15) is 40.0 Å². The van der Waals surface area contributed by atoms with E-state index in [1.54, 1.807) is 0 Å². The molecule has 0 aliphatic rings. The SMILES string of the molecule is CCCCC(NCC=C(C)C)C(=O)OC. The minimum atomic E-state index is -0.162. The Labute approximate surface area is 92.9 Å². The highest BCUT2D eigenvalue weighted by Gasteiger charge is 2.16. The summed E-state index contributed by atoms with van der Waals surface area (Å²) >= 11 is 0. The molecule has 0 heterocycles. The lowest BCUT2D eigenvalue weighted by Gasteiger charge is -2.14. The fraction of sp³-hybridized carbons (Fsp3) is 0.750. The largest absolute Gasteiger partial charge is 0.468 e. The Morgan fingerprint density at radius 1 is 1.47 bits per heavy atom. The highest BCUT2D eigenvalue weighted by atomic mass is 16.5. The van der Waals surface area contributed by atoms with Crippen molar-refractivity contribution in [2.75, 3.05) is 13.7 Å². The van der Waals surface area contributed by atoms with Crippen molar-refractivity contribution in [2.45, 2.75) is 46.1 Å². The highest BCUT2D eigenvalue weighted by Crippen LogP contribution is 2.02. The normalized spacial score (nSPS) is 12.0. The van der Waals surface area contributed by atoms with E-state index in [0.717, 1.165) is 25.8 Å². The molecule has 0 saturated heterocycles. The Bertz CT molecular complexity index is 208. The van der Waals surface area contributed by atoms with E-state index in [1.165, 1.54) is 12.7 Å². The highest BCUT2D eigenvalue weighted by molar-refractivity contribution is 5.75. The summed E-state index contributed by atoms with van der Waals surface area (Å²) in [6.07, 6.45) is 5.06. The molecule has 1 atom stereocenters. The summed E-state index contributed by atoms with van der Waals surface area (Å²) in [6.45, 7) is 6.93. The molecule has 15 heavy (non-hydrogen) atoms. The van der Waals surface area contributed by atoms with Crippen molar-refractivity contribution >= 4 is 5.97 Å². The second kappa shape index (κ2) is 8.48. The average Bonchev–Trinajstić information content (AvgIpc) is 2.21. The standard InChI is InChI=1S/C12H23NO2/c1-5-6-7-11(12(14)15-4)13-9-8-10(2)3/h8,11,13H,5-7,9H2,1-4H3. The molecular formula is C12H23NO2. The number of carbonyl (C=O) groups is 1. The van der Waals surface area contributed by atoms with Crippen molar-refractivity contribution in [3.8, 4) is 0 Å². The zero-order valence-corrected chi connectivity index (χ0v) is 10.3. The summed E-state index contributed by atoms with van der Waals surface area (Å²) in [5, 5.41) is 3.19. The molecule has 0 aromatic rings. The molecule has 0 rings (SSSR count). The number of methoxy groups -OCH3 is 1. The number of rotatable bonds is 7. The maximum Gasteiger partial charge on any atom is 0.322 e. The topological polar surface area (TPSA) is 38.3 Å². The zero-order valence-electron chi connectivity index (χ0n) is 10.3. The van der Waals surface area contributed by atoms with Gasteiger partial charge in [0.2, 0.25) is 0 Å². The number of unbranched alkanes of at least 4 members (excludes halogenated alkanes) is 1. The Morgan fingerprint density at radius 2 is 2.13 bits per heavy atom. The van der Waals surface area contributed by atoms with Crippen LogP contribution in [0.4, 0.5) is 0 Å². The van der Waals surface area contributed by atoms with Crippen molar-refractivity contribution < 1.29 is 9.53 Å². The summed E-state index contributed by atoms with van der Waals surface area (Å²) in [4.78, 5) is 11.4. The number of allylic oxidation sites excluding steroid dienone is 1. The Hall–Kier alpha value is -0.830. The fourth-order valence-electron chi connectivity index (χ4n) is 1.26. The molecule has 0 aliphatic heterocycles. The number of carbonyl (C=O) groups excluding carboxylic acids is 1. The number of hydrogen-bond acceptors (Lipinski definition) is 3. The van der Waals surface area contributed by atoms with Crippen molar-refractivity contribution in [1.29, 1.82) is 0 Å². The molecular weight excluding hydrogens is 190 g/mol. The average molecular weight is 213 g/mol. The van der Waals surface area contributed by atoms with E-state index in [1.807, 2.05) is 13.8 Å².